The van der Waals surface area contributed by atoms with Crippen LogP contribution in [-0.4, -0.2) is 57.7 Å². The van der Waals surface area contributed by atoms with E-state index in [1.54, 1.807) is 6.92 Å². The smallest absolute Gasteiger partial charge is 0.348 e. The van der Waals surface area contributed by atoms with E-state index >= 15 is 0 Å². The van der Waals surface area contributed by atoms with Crippen molar-refractivity contribution in [2.45, 2.75) is 12.5 Å². The molecule has 1 unspecified atom stereocenters. The maximum absolute atomic E-state index is 10.9. The molecule has 1 aromatic heterocycles. The van der Waals surface area contributed by atoms with E-state index in [0.717, 1.165) is 6.33 Å². The van der Waals surface area contributed by atoms with Crippen LogP contribution < -0.4 is 5.32 Å². The Kier molecular flexibility index (Phi) is 4.98. The highest BCUT2D eigenvalue weighted by Gasteiger charge is 2.25. The molecule has 2 N–H and O–H groups in total. The Morgan fingerprint density at radius 3 is 2.74 bits per heavy atom. The fraction of sp³-hybridized carbons (Fsp3) is 0.600. The third-order valence-electron chi connectivity index (χ3n) is 2.25. The van der Waals surface area contributed by atoms with Crippen LogP contribution in [0.4, 0.5) is 11.5 Å². The van der Waals surface area contributed by atoms with Crippen LogP contribution in [0.3, 0.4) is 0 Å². The summed E-state index contributed by atoms with van der Waals surface area (Å²) in [5, 5.41) is 23.5. The summed E-state index contributed by atoms with van der Waals surface area (Å²) in [5.41, 5.74) is -1.46. The SMILES string of the molecule is CN(C)CC(C)(O)CNc1ncnc(Cl)c1[N+](=O)[O-]. The van der Waals surface area contributed by atoms with Gasteiger partial charge in [0.05, 0.1) is 10.5 Å². The molecule has 0 fully saturated rings. The molecule has 1 rings (SSSR count). The number of nitro groups is 1. The number of nitrogens with zero attached hydrogens (tertiary/aromatic N) is 4. The molecule has 1 heterocycles. The van der Waals surface area contributed by atoms with Gasteiger partial charge in [-0.15, -0.1) is 0 Å². The molecule has 0 saturated heterocycles. The molecule has 0 aliphatic carbocycles. The van der Waals surface area contributed by atoms with E-state index in [9.17, 15) is 15.2 Å². The fourth-order valence-electron chi connectivity index (χ4n) is 1.66. The highest BCUT2D eigenvalue weighted by molar-refractivity contribution is 6.31. The van der Waals surface area contributed by atoms with Crippen LogP contribution in [0.1, 0.15) is 6.92 Å². The van der Waals surface area contributed by atoms with E-state index in [4.69, 9.17) is 11.6 Å². The number of anilines is 1. The quantitative estimate of drug-likeness (QED) is 0.452. The highest BCUT2D eigenvalue weighted by Crippen LogP contribution is 2.28. The molecule has 0 saturated carbocycles. The monoisotopic (exact) mass is 289 g/mol. The van der Waals surface area contributed by atoms with Gasteiger partial charge in [-0.2, -0.15) is 0 Å². The average molecular weight is 290 g/mol. The van der Waals surface area contributed by atoms with Crippen molar-refractivity contribution in [1.82, 2.24) is 14.9 Å². The molecule has 0 aliphatic rings. The number of hydrogen-bond donors (Lipinski definition) is 2. The van der Waals surface area contributed by atoms with Crippen LogP contribution in [0.2, 0.25) is 5.15 Å². The van der Waals surface area contributed by atoms with Crippen molar-refractivity contribution in [2.24, 2.45) is 0 Å². The minimum atomic E-state index is -1.06. The molecule has 1 atom stereocenters. The molecule has 1 aromatic rings. The molecule has 0 bridgehead atoms. The predicted octanol–water partition coefficient (Wildman–Crippen LogP) is 0.763. The van der Waals surface area contributed by atoms with Gasteiger partial charge in [-0.3, -0.25) is 10.1 Å². The van der Waals surface area contributed by atoms with E-state index < -0.39 is 16.2 Å². The summed E-state index contributed by atoms with van der Waals surface area (Å²) in [4.78, 5) is 19.3. The lowest BCUT2D eigenvalue weighted by Crippen LogP contribution is -2.43. The van der Waals surface area contributed by atoms with Crippen LogP contribution in [-0.2, 0) is 0 Å². The molecule has 0 aromatic carbocycles. The Bertz CT molecular complexity index is 466. The summed E-state index contributed by atoms with van der Waals surface area (Å²) in [6.45, 7) is 2.11. The Hall–Kier alpha value is -1.51. The maximum Gasteiger partial charge on any atom is 0.348 e. The lowest BCUT2D eigenvalue weighted by atomic mass is 10.1. The summed E-state index contributed by atoms with van der Waals surface area (Å²) < 4.78 is 0. The molecule has 19 heavy (non-hydrogen) atoms. The fourth-order valence-corrected chi connectivity index (χ4v) is 1.86. The summed E-state index contributed by atoms with van der Waals surface area (Å²) in [6.07, 6.45) is 1.12. The lowest BCUT2D eigenvalue weighted by Gasteiger charge is -2.27. The van der Waals surface area contributed by atoms with E-state index in [1.165, 1.54) is 0 Å². The van der Waals surface area contributed by atoms with Crippen molar-refractivity contribution in [3.05, 3.63) is 21.6 Å². The van der Waals surface area contributed by atoms with Crippen LogP contribution in [0.25, 0.3) is 0 Å². The van der Waals surface area contributed by atoms with Crippen LogP contribution >= 0.6 is 11.6 Å². The molecular weight excluding hydrogens is 274 g/mol. The molecule has 0 spiro atoms. The summed E-state index contributed by atoms with van der Waals surface area (Å²) >= 11 is 5.66. The third kappa shape index (κ3) is 4.58. The second kappa shape index (κ2) is 6.09. The molecule has 0 radical (unpaired) electrons. The van der Waals surface area contributed by atoms with Gasteiger partial charge in [-0.05, 0) is 21.0 Å². The van der Waals surface area contributed by atoms with Crippen LogP contribution in [0.5, 0.6) is 0 Å². The van der Waals surface area contributed by atoms with Gasteiger partial charge < -0.3 is 15.3 Å². The van der Waals surface area contributed by atoms with Gasteiger partial charge >= 0.3 is 5.69 Å². The largest absolute Gasteiger partial charge is 0.387 e. The predicted molar refractivity (Wildman–Crippen MR) is 71.4 cm³/mol. The number of rotatable bonds is 6. The first-order chi connectivity index (χ1) is 8.73. The van der Waals surface area contributed by atoms with Crippen LogP contribution in [0.15, 0.2) is 6.33 Å². The van der Waals surface area contributed by atoms with E-state index in [0.29, 0.717) is 6.54 Å². The Balaban J connectivity index is 2.84. The van der Waals surface area contributed by atoms with Crippen molar-refractivity contribution in [2.75, 3.05) is 32.5 Å². The summed E-state index contributed by atoms with van der Waals surface area (Å²) in [7, 11) is 3.64. The number of nitrogens with one attached hydrogen (secondary N) is 1. The van der Waals surface area contributed by atoms with Gasteiger partial charge in [0.25, 0.3) is 0 Å². The van der Waals surface area contributed by atoms with Crippen LogP contribution in [0, 0.1) is 10.1 Å². The zero-order valence-electron chi connectivity index (χ0n) is 10.9. The molecule has 8 nitrogen and oxygen atoms in total. The van der Waals surface area contributed by atoms with Gasteiger partial charge in [0.15, 0.2) is 0 Å². The number of halogens is 1. The van der Waals surface area contributed by atoms with Gasteiger partial charge in [-0.25, -0.2) is 9.97 Å². The minimum Gasteiger partial charge on any atom is -0.387 e. The third-order valence-corrected chi connectivity index (χ3v) is 2.53. The molecule has 106 valence electrons. The summed E-state index contributed by atoms with van der Waals surface area (Å²) in [5.74, 6) is -0.0102. The van der Waals surface area contributed by atoms with E-state index in [-0.39, 0.29) is 17.5 Å². The first kappa shape index (κ1) is 15.5. The lowest BCUT2D eigenvalue weighted by molar-refractivity contribution is -0.384. The van der Waals surface area contributed by atoms with Gasteiger partial charge in [0, 0.05) is 13.1 Å². The van der Waals surface area contributed by atoms with Crippen molar-refractivity contribution in [1.29, 1.82) is 0 Å². The topological polar surface area (TPSA) is 104 Å². The number of likely N-dealkylation sites (N-methyl/N-ethyl adjacent to an activating group) is 1. The first-order valence-electron chi connectivity index (χ1n) is 5.49. The maximum atomic E-state index is 10.9. The Morgan fingerprint density at radius 2 is 2.21 bits per heavy atom. The highest BCUT2D eigenvalue weighted by atomic mass is 35.5. The second-order valence-electron chi connectivity index (χ2n) is 4.71. The molecule has 0 aliphatic heterocycles. The Morgan fingerprint density at radius 1 is 1.58 bits per heavy atom. The zero-order valence-corrected chi connectivity index (χ0v) is 11.7. The molecule has 9 heteroatoms. The molecular formula is C10H16ClN5O3. The standard InChI is InChI=1S/C10H16ClN5O3/c1-10(17,5-15(2)3)4-12-9-7(16(18)19)8(11)13-6-14-9/h6,17H,4-5H2,1-3H3,(H,12,13,14). The van der Waals surface area contributed by atoms with Gasteiger partial charge in [-0.1, -0.05) is 11.6 Å². The number of hydrogen-bond acceptors (Lipinski definition) is 7. The van der Waals surface area contributed by atoms with Crippen molar-refractivity contribution >= 4 is 23.1 Å². The van der Waals surface area contributed by atoms with Crippen molar-refractivity contribution < 1.29 is 10.0 Å². The van der Waals surface area contributed by atoms with E-state index in [2.05, 4.69) is 15.3 Å². The minimum absolute atomic E-state index is 0.0102. The Labute approximate surface area is 115 Å². The number of aliphatic hydroxyl groups is 1. The normalized spacial score (nSPS) is 14.2. The zero-order chi connectivity index (χ0) is 14.6. The van der Waals surface area contributed by atoms with E-state index in [1.807, 2.05) is 19.0 Å². The second-order valence-corrected chi connectivity index (χ2v) is 5.07. The van der Waals surface area contributed by atoms with Crippen molar-refractivity contribution in [3.63, 3.8) is 0 Å². The summed E-state index contributed by atoms with van der Waals surface area (Å²) in [6, 6.07) is 0. The number of aromatic nitrogens is 2. The first-order valence-corrected chi connectivity index (χ1v) is 5.86. The molecule has 0 amide bonds. The van der Waals surface area contributed by atoms with Gasteiger partial charge in [0.2, 0.25) is 11.0 Å². The average Bonchev–Trinajstić information content (AvgIpc) is 2.24. The van der Waals surface area contributed by atoms with Crippen molar-refractivity contribution in [3.8, 4) is 0 Å². The van der Waals surface area contributed by atoms with Gasteiger partial charge in [0.1, 0.15) is 6.33 Å².